The molecular formula is C41H54NO8PS. The monoisotopic (exact) mass is 751 g/mol. The Labute approximate surface area is 313 Å². The number of fused-ring (bicyclic) bond motifs is 3. The van der Waals surface area contributed by atoms with E-state index in [0.29, 0.717) is 23.3 Å². The number of carbonyl (C=O) groups excluding carboxylic acids is 1. The van der Waals surface area contributed by atoms with Crippen LogP contribution >= 0.6 is 19.6 Å². The molecule has 2 aromatic rings. The summed E-state index contributed by atoms with van der Waals surface area (Å²) < 4.78 is 33.3. The Kier molecular flexibility index (Phi) is 12.7. The standard InChI is InChI=1S/C41H54NO8PS/c1-38(2,50-37(43)23-25-52-26-24-49-51(44,45)46)27-47-39(3,4)29-15-19-31(20-16-29)41(32-21-17-30(18-22-32)40(5,6)48-28-42)35-13-9-7-11-33(35)34-12-8-10-14-36(34)41/h7-22,33-36H,23-28,42H2,1-6H3,(H2,44,45,46). The number of ether oxygens (including phenoxy) is 3. The highest BCUT2D eigenvalue weighted by Crippen LogP contribution is 2.62. The van der Waals surface area contributed by atoms with E-state index in [9.17, 15) is 9.36 Å². The molecule has 0 bridgehead atoms. The van der Waals surface area contributed by atoms with E-state index in [1.54, 1.807) is 0 Å². The van der Waals surface area contributed by atoms with E-state index < -0.39 is 24.6 Å². The van der Waals surface area contributed by atoms with Crippen molar-refractivity contribution in [3.05, 3.63) is 119 Å². The van der Waals surface area contributed by atoms with Crippen LogP contribution in [0.15, 0.2) is 97.1 Å². The van der Waals surface area contributed by atoms with Crippen LogP contribution in [0.4, 0.5) is 0 Å². The molecule has 1 fully saturated rings. The van der Waals surface area contributed by atoms with Gasteiger partial charge in [-0.2, -0.15) is 11.8 Å². The van der Waals surface area contributed by atoms with E-state index in [0.717, 1.165) is 11.1 Å². The van der Waals surface area contributed by atoms with Gasteiger partial charge in [-0.15, -0.1) is 0 Å². The van der Waals surface area contributed by atoms with Gasteiger partial charge in [-0.3, -0.25) is 9.32 Å². The number of nitrogens with two attached hydrogens (primary N) is 1. The zero-order valence-electron chi connectivity index (χ0n) is 31.1. The quantitative estimate of drug-likeness (QED) is 0.0639. The van der Waals surface area contributed by atoms with E-state index in [2.05, 4.69) is 102 Å². The largest absolute Gasteiger partial charge is 0.469 e. The lowest BCUT2D eigenvalue weighted by atomic mass is 9.60. The van der Waals surface area contributed by atoms with Crippen molar-refractivity contribution in [3.8, 4) is 0 Å². The van der Waals surface area contributed by atoms with Gasteiger partial charge in [-0.1, -0.05) is 97.1 Å². The second-order valence-corrected chi connectivity index (χ2v) is 17.8. The van der Waals surface area contributed by atoms with Crippen LogP contribution in [-0.4, -0.2) is 52.8 Å². The Morgan fingerprint density at radius 2 is 1.25 bits per heavy atom. The van der Waals surface area contributed by atoms with Gasteiger partial charge in [0, 0.05) is 16.9 Å². The fourth-order valence-electron chi connectivity index (χ4n) is 7.94. The summed E-state index contributed by atoms with van der Waals surface area (Å²) in [5.74, 6) is 1.66. The molecule has 282 valence electrons. The highest BCUT2D eigenvalue weighted by atomic mass is 32.2. The van der Waals surface area contributed by atoms with E-state index in [1.165, 1.54) is 22.9 Å². The predicted octanol–water partition coefficient (Wildman–Crippen LogP) is 7.68. The number of phosphoric acid groups is 1. The van der Waals surface area contributed by atoms with Crippen LogP contribution in [0.2, 0.25) is 0 Å². The van der Waals surface area contributed by atoms with Crippen molar-refractivity contribution in [1.82, 2.24) is 0 Å². The zero-order valence-corrected chi connectivity index (χ0v) is 32.8. The number of allylic oxidation sites excluding steroid dienone is 8. The number of phosphoric ester groups is 1. The molecule has 3 aliphatic rings. The van der Waals surface area contributed by atoms with Gasteiger partial charge in [-0.05, 0) is 87.5 Å². The molecule has 4 N–H and O–H groups in total. The summed E-state index contributed by atoms with van der Waals surface area (Å²) in [6.07, 6.45) is 18.5. The number of hydrogen-bond donors (Lipinski definition) is 3. The van der Waals surface area contributed by atoms with Gasteiger partial charge in [0.1, 0.15) is 5.60 Å². The first kappa shape index (κ1) is 40.4. The molecule has 11 heteroatoms. The Hall–Kier alpha value is -2.79. The zero-order chi connectivity index (χ0) is 37.8. The summed E-state index contributed by atoms with van der Waals surface area (Å²) >= 11 is 1.36. The normalized spacial score (nSPS) is 24.2. The van der Waals surface area contributed by atoms with E-state index in [4.69, 9.17) is 29.7 Å². The molecule has 0 radical (unpaired) electrons. The Balaban J connectivity index is 1.33. The van der Waals surface area contributed by atoms with Gasteiger partial charge < -0.3 is 29.7 Å². The first-order valence-corrected chi connectivity index (χ1v) is 20.6. The van der Waals surface area contributed by atoms with E-state index in [1.807, 2.05) is 41.5 Å². The number of esters is 1. The Morgan fingerprint density at radius 3 is 1.73 bits per heavy atom. The van der Waals surface area contributed by atoms with Gasteiger partial charge in [-0.25, -0.2) is 4.57 Å². The third-order valence-corrected chi connectivity index (χ3v) is 12.0. The van der Waals surface area contributed by atoms with Crippen molar-refractivity contribution < 1.29 is 37.9 Å². The van der Waals surface area contributed by atoms with E-state index in [-0.39, 0.29) is 49.6 Å². The van der Waals surface area contributed by atoms with Crippen LogP contribution in [-0.2, 0) is 44.7 Å². The minimum Gasteiger partial charge on any atom is -0.457 e. The third-order valence-electron chi connectivity index (χ3n) is 10.5. The molecule has 0 saturated heterocycles. The molecule has 0 amide bonds. The highest BCUT2D eigenvalue weighted by molar-refractivity contribution is 7.99. The minimum absolute atomic E-state index is 0.0948. The van der Waals surface area contributed by atoms with Crippen LogP contribution in [0, 0.1) is 23.7 Å². The fraction of sp³-hybridized carbons (Fsp3) is 0.488. The molecule has 2 aromatic carbocycles. The number of rotatable bonds is 17. The maximum absolute atomic E-state index is 12.6. The van der Waals surface area contributed by atoms with Crippen molar-refractivity contribution in [2.75, 3.05) is 31.5 Å². The SMILES string of the molecule is CC(C)(COC(C)(C)c1ccc(C2(c3ccc(C(C)(C)OCN)cc3)C3C=CC=CC3C3C=CC=CC32)cc1)OC(=O)CCSCCOP(=O)(O)O. The predicted molar refractivity (Wildman–Crippen MR) is 206 cm³/mol. The smallest absolute Gasteiger partial charge is 0.457 e. The van der Waals surface area contributed by atoms with Crippen molar-refractivity contribution >= 4 is 25.6 Å². The second kappa shape index (κ2) is 16.3. The van der Waals surface area contributed by atoms with Crippen LogP contribution in [0.1, 0.15) is 70.2 Å². The molecule has 0 heterocycles. The van der Waals surface area contributed by atoms with Gasteiger partial charge in [0.05, 0.1) is 37.6 Å². The Morgan fingerprint density at radius 1 is 0.769 bits per heavy atom. The molecule has 52 heavy (non-hydrogen) atoms. The molecule has 5 rings (SSSR count). The molecule has 0 aliphatic heterocycles. The minimum atomic E-state index is -4.48. The van der Waals surface area contributed by atoms with Crippen molar-refractivity contribution in [2.45, 2.75) is 70.2 Å². The van der Waals surface area contributed by atoms with Gasteiger partial charge in [0.2, 0.25) is 0 Å². The van der Waals surface area contributed by atoms with Gasteiger partial charge in [0.25, 0.3) is 0 Å². The van der Waals surface area contributed by atoms with Crippen LogP contribution in [0.25, 0.3) is 0 Å². The van der Waals surface area contributed by atoms with Gasteiger partial charge >= 0.3 is 13.8 Å². The molecule has 3 aliphatic carbocycles. The van der Waals surface area contributed by atoms with Crippen LogP contribution in [0.5, 0.6) is 0 Å². The topological polar surface area (TPSA) is 138 Å². The number of hydrogen-bond acceptors (Lipinski definition) is 8. The maximum Gasteiger partial charge on any atom is 0.469 e. The van der Waals surface area contributed by atoms with Crippen LogP contribution < -0.4 is 5.73 Å². The first-order valence-electron chi connectivity index (χ1n) is 17.9. The summed E-state index contributed by atoms with van der Waals surface area (Å²) in [6.45, 7) is 12.1. The molecule has 1 saturated carbocycles. The highest BCUT2D eigenvalue weighted by Gasteiger charge is 2.59. The Bertz CT molecular complexity index is 1670. The van der Waals surface area contributed by atoms with Crippen LogP contribution in [0.3, 0.4) is 0 Å². The molecule has 9 nitrogen and oxygen atoms in total. The fourth-order valence-corrected chi connectivity index (χ4v) is 9.11. The third kappa shape index (κ3) is 9.11. The van der Waals surface area contributed by atoms with Gasteiger partial charge in [0.15, 0.2) is 0 Å². The lowest BCUT2D eigenvalue weighted by molar-refractivity contribution is -0.168. The number of carbonyl (C=O) groups is 1. The summed E-state index contributed by atoms with van der Waals surface area (Å²) in [5, 5.41) is 0. The lowest BCUT2D eigenvalue weighted by Gasteiger charge is -2.42. The summed E-state index contributed by atoms with van der Waals surface area (Å²) in [4.78, 5) is 30.1. The molecule has 0 spiro atoms. The maximum atomic E-state index is 12.6. The summed E-state index contributed by atoms with van der Waals surface area (Å²) in [7, 11) is -4.48. The average Bonchev–Trinajstić information content (AvgIpc) is 3.40. The molecule has 4 atom stereocenters. The molecular weight excluding hydrogens is 697 g/mol. The first-order chi connectivity index (χ1) is 24.5. The average molecular weight is 752 g/mol. The summed E-state index contributed by atoms with van der Waals surface area (Å²) in [5.41, 5.74) is 8.02. The second-order valence-electron chi connectivity index (χ2n) is 15.3. The summed E-state index contributed by atoms with van der Waals surface area (Å²) in [6, 6.07) is 17.8. The van der Waals surface area contributed by atoms with Crippen molar-refractivity contribution in [1.29, 1.82) is 0 Å². The lowest BCUT2D eigenvalue weighted by Crippen LogP contribution is -2.39. The molecule has 0 aromatic heterocycles. The molecule has 4 unspecified atom stereocenters. The number of thioether (sulfide) groups is 1. The van der Waals surface area contributed by atoms with E-state index >= 15 is 0 Å². The number of benzene rings is 2. The van der Waals surface area contributed by atoms with Crippen molar-refractivity contribution in [2.24, 2.45) is 29.4 Å². The van der Waals surface area contributed by atoms with Crippen molar-refractivity contribution in [3.63, 3.8) is 0 Å².